The van der Waals surface area contributed by atoms with Gasteiger partial charge in [0.05, 0.1) is 17.7 Å². The average Bonchev–Trinajstić information content (AvgIpc) is 3.34. The average molecular weight is 596 g/mol. The van der Waals surface area contributed by atoms with Crippen molar-refractivity contribution < 1.29 is 35.9 Å². The fourth-order valence-electron chi connectivity index (χ4n) is 5.65. The number of hydrogen-bond donors (Lipinski definition) is 1. The molecule has 1 N–H and O–H groups in total. The number of carbonyl (C=O) groups is 2. The van der Waals surface area contributed by atoms with Crippen LogP contribution in [0.3, 0.4) is 0 Å². The minimum atomic E-state index is -5.07. The number of rotatable bonds is 5. The lowest BCUT2D eigenvalue weighted by Crippen LogP contribution is -2.58. The molecule has 3 aromatic rings. The first-order valence-electron chi connectivity index (χ1n) is 13.6. The van der Waals surface area contributed by atoms with Crippen molar-refractivity contribution in [3.05, 3.63) is 70.9 Å². The van der Waals surface area contributed by atoms with Crippen molar-refractivity contribution >= 4 is 22.7 Å². The lowest BCUT2D eigenvalue weighted by Gasteiger charge is -2.42. The highest BCUT2D eigenvalue weighted by atomic mass is 19.4. The van der Waals surface area contributed by atoms with Crippen LogP contribution in [0.1, 0.15) is 27.0 Å². The van der Waals surface area contributed by atoms with Gasteiger partial charge in [0.25, 0.3) is 5.91 Å². The van der Waals surface area contributed by atoms with Crippen molar-refractivity contribution in [3.8, 4) is 0 Å². The zero-order valence-electron chi connectivity index (χ0n) is 22.9. The van der Waals surface area contributed by atoms with Crippen LogP contribution in [-0.4, -0.2) is 102 Å². The summed E-state index contributed by atoms with van der Waals surface area (Å²) in [5, 5.41) is 0.897. The van der Waals surface area contributed by atoms with Gasteiger partial charge in [-0.25, -0.2) is 0 Å². The van der Waals surface area contributed by atoms with E-state index in [2.05, 4.69) is 9.88 Å². The van der Waals surface area contributed by atoms with Gasteiger partial charge in [0, 0.05) is 74.5 Å². The highest BCUT2D eigenvalue weighted by molar-refractivity contribution is 5.95. The second kappa shape index (κ2) is 11.6. The lowest BCUT2D eigenvalue weighted by molar-refractivity contribution is -0.143. The molecule has 2 amide bonds. The fourth-order valence-corrected chi connectivity index (χ4v) is 5.65. The Morgan fingerprint density at radius 3 is 2.17 bits per heavy atom. The van der Waals surface area contributed by atoms with Crippen LogP contribution in [-0.2, 0) is 23.6 Å². The number of piperazine rings is 2. The zero-order valence-corrected chi connectivity index (χ0v) is 22.9. The van der Waals surface area contributed by atoms with Gasteiger partial charge in [0.2, 0.25) is 5.91 Å². The summed E-state index contributed by atoms with van der Waals surface area (Å²) in [6, 6.07) is 7.85. The molecule has 0 spiro atoms. The van der Waals surface area contributed by atoms with E-state index in [1.54, 1.807) is 11.1 Å². The quantitative estimate of drug-likeness (QED) is 0.446. The van der Waals surface area contributed by atoms with Crippen LogP contribution in [0.5, 0.6) is 0 Å². The number of nitrogens with one attached hydrogen (secondary N) is 1. The Bertz CT molecular complexity index is 1410. The second-order valence-corrected chi connectivity index (χ2v) is 10.9. The molecule has 0 radical (unpaired) electrons. The monoisotopic (exact) mass is 595 g/mol. The summed E-state index contributed by atoms with van der Waals surface area (Å²) in [6.07, 6.45) is -8.06. The summed E-state index contributed by atoms with van der Waals surface area (Å²) in [5.74, 6) is -0.970. The van der Waals surface area contributed by atoms with Gasteiger partial charge in [0.15, 0.2) is 0 Å². The van der Waals surface area contributed by atoms with Gasteiger partial charge in [-0.05, 0) is 43.3 Å². The summed E-state index contributed by atoms with van der Waals surface area (Å²) in [7, 11) is 1.98. The topological polar surface area (TPSA) is 62.9 Å². The van der Waals surface area contributed by atoms with Gasteiger partial charge in [-0.15, -0.1) is 0 Å². The van der Waals surface area contributed by atoms with Crippen molar-refractivity contribution in [2.75, 3.05) is 59.4 Å². The summed E-state index contributed by atoms with van der Waals surface area (Å²) >= 11 is 0. The first-order valence-corrected chi connectivity index (χ1v) is 13.6. The van der Waals surface area contributed by atoms with E-state index in [-0.39, 0.29) is 38.2 Å². The molecular formula is C29H31F6N5O2. The Hall–Kier alpha value is -3.58. The predicted octanol–water partition coefficient (Wildman–Crippen LogP) is 4.35. The number of aromatic nitrogens is 1. The van der Waals surface area contributed by atoms with Crippen molar-refractivity contribution in [2.45, 2.75) is 24.8 Å². The molecule has 7 nitrogen and oxygen atoms in total. The third-order valence-electron chi connectivity index (χ3n) is 8.01. The molecule has 1 atom stereocenters. The van der Waals surface area contributed by atoms with E-state index in [1.165, 1.54) is 4.90 Å². The molecule has 2 fully saturated rings. The van der Waals surface area contributed by atoms with E-state index in [1.807, 2.05) is 36.2 Å². The Kier molecular flexibility index (Phi) is 8.26. The predicted molar refractivity (Wildman–Crippen MR) is 144 cm³/mol. The molecule has 0 aliphatic carbocycles. The number of fused-ring (bicyclic) bond motifs is 1. The van der Waals surface area contributed by atoms with E-state index in [0.29, 0.717) is 31.6 Å². The standard InChI is InChI=1S/C29H31F6N5O2/c1-37-6-9-39(10-7-37)26(41)18-38-8-11-40(23(17-38)14-20-16-36-25-5-3-2-4-24(20)25)27(42)19-12-21(28(30,31)32)15-22(13-19)29(33,34)35/h2-5,12-13,15-16,23,36H,6-11,14,17-18H2,1H3/t23-/m1/s1. The SMILES string of the molecule is CN1CCN(C(=O)CN2CCN(C(=O)c3cc(C(F)(F)F)cc(C(F)(F)F)c3)[C@H](Cc3c[nH]c4ccccc34)C2)CC1. The number of nitrogens with zero attached hydrogens (tertiary/aromatic N) is 4. The number of amides is 2. The Morgan fingerprint density at radius 1 is 0.881 bits per heavy atom. The second-order valence-electron chi connectivity index (χ2n) is 10.9. The van der Waals surface area contributed by atoms with Crippen molar-refractivity contribution in [2.24, 2.45) is 0 Å². The Morgan fingerprint density at radius 2 is 1.52 bits per heavy atom. The van der Waals surface area contributed by atoms with Crippen LogP contribution >= 0.6 is 0 Å². The highest BCUT2D eigenvalue weighted by Crippen LogP contribution is 2.37. The molecule has 0 saturated carbocycles. The summed E-state index contributed by atoms with van der Waals surface area (Å²) in [5.41, 5.74) is -2.05. The molecule has 2 aliphatic heterocycles. The maximum absolute atomic E-state index is 13.7. The van der Waals surface area contributed by atoms with Crippen LogP contribution in [0.15, 0.2) is 48.7 Å². The molecular weight excluding hydrogens is 564 g/mol. The number of alkyl halides is 6. The van der Waals surface area contributed by atoms with Gasteiger partial charge in [-0.3, -0.25) is 14.5 Å². The third-order valence-corrected chi connectivity index (χ3v) is 8.01. The van der Waals surface area contributed by atoms with Crippen LogP contribution in [0.2, 0.25) is 0 Å². The number of likely N-dealkylation sites (N-methyl/N-ethyl adjacent to an activating group) is 1. The molecule has 2 saturated heterocycles. The summed E-state index contributed by atoms with van der Waals surface area (Å²) < 4.78 is 81.2. The molecule has 226 valence electrons. The van der Waals surface area contributed by atoms with Crippen LogP contribution in [0.25, 0.3) is 10.9 Å². The molecule has 2 aliphatic rings. The van der Waals surface area contributed by atoms with Crippen molar-refractivity contribution in [1.82, 2.24) is 24.6 Å². The minimum Gasteiger partial charge on any atom is -0.361 e. The van der Waals surface area contributed by atoms with Gasteiger partial charge in [-0.2, -0.15) is 26.3 Å². The maximum atomic E-state index is 13.7. The fraction of sp³-hybridized carbons (Fsp3) is 0.448. The maximum Gasteiger partial charge on any atom is 0.416 e. The van der Waals surface area contributed by atoms with E-state index < -0.39 is 41.0 Å². The van der Waals surface area contributed by atoms with Gasteiger partial charge >= 0.3 is 12.4 Å². The molecule has 5 rings (SSSR count). The number of aromatic amines is 1. The number of hydrogen-bond acceptors (Lipinski definition) is 4. The van der Waals surface area contributed by atoms with Crippen LogP contribution in [0, 0.1) is 0 Å². The Balaban J connectivity index is 1.43. The van der Waals surface area contributed by atoms with Crippen molar-refractivity contribution in [3.63, 3.8) is 0 Å². The summed E-state index contributed by atoms with van der Waals surface area (Å²) in [4.78, 5) is 37.0. The van der Waals surface area contributed by atoms with Crippen LogP contribution in [0.4, 0.5) is 26.3 Å². The lowest BCUT2D eigenvalue weighted by atomic mass is 9.98. The molecule has 0 bridgehead atoms. The Labute approximate surface area is 238 Å². The van der Waals surface area contributed by atoms with E-state index >= 15 is 0 Å². The van der Waals surface area contributed by atoms with E-state index in [4.69, 9.17) is 0 Å². The summed E-state index contributed by atoms with van der Waals surface area (Å²) in [6.45, 7) is 3.35. The minimum absolute atomic E-state index is 0.0160. The number of halogens is 6. The molecule has 13 heteroatoms. The van der Waals surface area contributed by atoms with Gasteiger partial charge < -0.3 is 19.7 Å². The smallest absolute Gasteiger partial charge is 0.361 e. The third kappa shape index (κ3) is 6.57. The number of H-pyrrole nitrogens is 1. The largest absolute Gasteiger partial charge is 0.416 e. The first kappa shape index (κ1) is 29.9. The zero-order chi connectivity index (χ0) is 30.2. The van der Waals surface area contributed by atoms with Crippen LogP contribution < -0.4 is 0 Å². The molecule has 42 heavy (non-hydrogen) atoms. The van der Waals surface area contributed by atoms with E-state index in [0.717, 1.165) is 29.6 Å². The molecule has 3 heterocycles. The molecule has 1 aromatic heterocycles. The number of para-hydroxylation sites is 1. The molecule has 0 unspecified atom stereocenters. The normalized spacial score (nSPS) is 19.5. The van der Waals surface area contributed by atoms with Gasteiger partial charge in [-0.1, -0.05) is 18.2 Å². The number of carbonyl (C=O) groups excluding carboxylic acids is 2. The highest BCUT2D eigenvalue weighted by Gasteiger charge is 2.39. The first-order chi connectivity index (χ1) is 19.8. The van der Waals surface area contributed by atoms with E-state index in [9.17, 15) is 35.9 Å². The number of benzene rings is 2. The molecule has 2 aromatic carbocycles. The van der Waals surface area contributed by atoms with Gasteiger partial charge in [0.1, 0.15) is 0 Å². The van der Waals surface area contributed by atoms with Crippen molar-refractivity contribution in [1.29, 1.82) is 0 Å².